The molecule has 0 saturated heterocycles. The molecule has 0 spiro atoms. The van der Waals surface area contributed by atoms with Gasteiger partial charge in [0.15, 0.2) is 0 Å². The smallest absolute Gasteiger partial charge is 1.00 e. The van der Waals surface area contributed by atoms with E-state index in [1.165, 1.54) is 32.7 Å². The van der Waals surface area contributed by atoms with Gasteiger partial charge in [0.1, 0.15) is 0 Å². The van der Waals surface area contributed by atoms with E-state index in [4.69, 9.17) is 9.47 Å². The van der Waals surface area contributed by atoms with Crippen molar-refractivity contribution in [1.29, 1.82) is 0 Å². The zero-order valence-corrected chi connectivity index (χ0v) is 20.4. The summed E-state index contributed by atoms with van der Waals surface area (Å²) >= 11 is 0. The number of ether oxygens (including phenoxy) is 2. The van der Waals surface area contributed by atoms with E-state index in [1.807, 2.05) is 12.1 Å². The second-order valence-corrected chi connectivity index (χ2v) is 6.22. The maximum absolute atomic E-state index is 5.30. The van der Waals surface area contributed by atoms with E-state index in [0.29, 0.717) is 0 Å². The number of methoxy groups -OCH3 is 2. The minimum atomic E-state index is 0. The third kappa shape index (κ3) is 5.16. The summed E-state index contributed by atoms with van der Waals surface area (Å²) in [5, 5.41) is 5.06. The van der Waals surface area contributed by atoms with E-state index >= 15 is 0 Å². The molecule has 0 saturated carbocycles. The number of benzene rings is 2. The Hall–Kier alpha value is -1.29. The van der Waals surface area contributed by atoms with E-state index in [1.54, 1.807) is 14.2 Å². The molecule has 0 heterocycles. The number of rotatable bonds is 5. The second kappa shape index (κ2) is 10.3. The van der Waals surface area contributed by atoms with E-state index in [0.717, 1.165) is 24.3 Å². The quantitative estimate of drug-likeness (QED) is 0.234. The maximum Gasteiger partial charge on any atom is 4.00 e. The van der Waals surface area contributed by atoms with Gasteiger partial charge in [-0.25, -0.2) is 0 Å². The van der Waals surface area contributed by atoms with Crippen molar-refractivity contribution in [2.75, 3.05) is 14.2 Å². The maximum atomic E-state index is 5.30. The van der Waals surface area contributed by atoms with Crippen molar-refractivity contribution in [2.45, 2.75) is 12.8 Å². The number of hydrogen-bond donors (Lipinski definition) is 0. The number of hydrogen-bond acceptors (Lipinski definition) is 2. The van der Waals surface area contributed by atoms with Crippen molar-refractivity contribution in [3.63, 3.8) is 0 Å². The Kier molecular flexibility index (Phi) is 9.07. The summed E-state index contributed by atoms with van der Waals surface area (Å²) < 4.78 is 10.6. The Morgan fingerprint density at radius 1 is 0.667 bits per heavy atom. The molecule has 0 unspecified atom stereocenters. The predicted molar refractivity (Wildman–Crippen MR) is 99.6 cm³/mol. The fraction of sp³-hybridized carbons (Fsp3) is 0.182. The van der Waals surface area contributed by atoms with Crippen LogP contribution in [0.5, 0.6) is 11.5 Å². The first-order valence-corrected chi connectivity index (χ1v) is 8.22. The number of aryl methyl sites for hydroxylation is 2. The molecule has 0 aliphatic rings. The number of fused-ring (bicyclic) bond motifs is 2. The van der Waals surface area contributed by atoms with Gasteiger partial charge in [-0.05, 0) is 12.8 Å². The number of halogens is 2. The molecule has 0 aromatic heterocycles. The monoisotopic (exact) mass is 566 g/mol. The molecule has 5 heteroatoms. The molecule has 0 atom stereocenters. The first-order chi connectivity index (χ1) is 11.7. The van der Waals surface area contributed by atoms with Gasteiger partial charge in [0, 0.05) is 0 Å². The van der Waals surface area contributed by atoms with Crippen LogP contribution in [0.1, 0.15) is 11.1 Å². The molecule has 138 valence electrons. The van der Waals surface area contributed by atoms with Crippen LogP contribution < -0.4 is 34.3 Å². The van der Waals surface area contributed by atoms with Gasteiger partial charge in [-0.3, -0.25) is 0 Å². The summed E-state index contributed by atoms with van der Waals surface area (Å²) in [6, 6.07) is 21.6. The zero-order chi connectivity index (χ0) is 16.5. The van der Waals surface area contributed by atoms with Crippen LogP contribution in [0.4, 0.5) is 0 Å². The normalized spacial score (nSPS) is 10.0. The Bertz CT molecular complexity index is 922. The van der Waals surface area contributed by atoms with E-state index in [2.05, 4.69) is 48.5 Å². The van der Waals surface area contributed by atoms with Gasteiger partial charge in [-0.15, -0.1) is 56.9 Å². The molecule has 4 aromatic carbocycles. The van der Waals surface area contributed by atoms with Gasteiger partial charge in [0.25, 0.3) is 0 Å². The summed E-state index contributed by atoms with van der Waals surface area (Å²) in [5.41, 5.74) is 2.75. The van der Waals surface area contributed by atoms with Crippen molar-refractivity contribution in [1.82, 2.24) is 0 Å². The van der Waals surface area contributed by atoms with E-state index in [9.17, 15) is 0 Å². The standard InChI is InChI=1S/C22H20O2.2ClH.Hf/c1-23-21-7-5-17-9-15(11-19(17)13-21)3-4-16-10-18-6-8-22(24-2)14-20(18)12-16;;;/h5-14H,3-4H2,1-2H3;2*1H;/q-2;;;+4/p-2. The minimum Gasteiger partial charge on any atom is -1.00 e. The van der Waals surface area contributed by atoms with Gasteiger partial charge in [-0.2, -0.15) is 12.1 Å². The molecule has 2 nitrogen and oxygen atoms in total. The Morgan fingerprint density at radius 2 is 1.07 bits per heavy atom. The molecular formula is C22H20Cl2HfO2. The van der Waals surface area contributed by atoms with Crippen LogP contribution in [0.15, 0.2) is 60.7 Å². The van der Waals surface area contributed by atoms with Crippen LogP contribution >= 0.6 is 0 Å². The first-order valence-electron chi connectivity index (χ1n) is 8.22. The fourth-order valence-corrected chi connectivity index (χ4v) is 3.33. The van der Waals surface area contributed by atoms with Crippen molar-refractivity contribution in [2.24, 2.45) is 0 Å². The molecule has 0 fully saturated rings. The molecule has 0 radical (unpaired) electrons. The third-order valence-electron chi connectivity index (χ3n) is 4.65. The van der Waals surface area contributed by atoms with Crippen molar-refractivity contribution < 1.29 is 60.1 Å². The van der Waals surface area contributed by atoms with Gasteiger partial charge >= 0.3 is 25.8 Å². The van der Waals surface area contributed by atoms with Crippen LogP contribution in [0, 0.1) is 0 Å². The SMILES string of the molecule is COc1ccc2[cH-]c(CCc3cc4cc(OC)ccc4[cH-]3)cc2c1.[Cl-].[Cl-].[Hf+4]. The molecule has 0 N–H and O–H groups in total. The van der Waals surface area contributed by atoms with Crippen molar-refractivity contribution >= 4 is 21.5 Å². The summed E-state index contributed by atoms with van der Waals surface area (Å²) in [6.45, 7) is 0. The average molecular weight is 566 g/mol. The van der Waals surface area contributed by atoms with Crippen LogP contribution in [0.2, 0.25) is 0 Å². The van der Waals surface area contributed by atoms with Crippen LogP contribution in [-0.4, -0.2) is 14.2 Å². The van der Waals surface area contributed by atoms with Crippen LogP contribution in [0.25, 0.3) is 21.5 Å². The second-order valence-electron chi connectivity index (χ2n) is 6.22. The van der Waals surface area contributed by atoms with Gasteiger partial charge in [0.05, 0.1) is 25.7 Å². The summed E-state index contributed by atoms with van der Waals surface area (Å²) in [7, 11) is 3.42. The molecule has 0 aliphatic heterocycles. The fourth-order valence-electron chi connectivity index (χ4n) is 3.33. The summed E-state index contributed by atoms with van der Waals surface area (Å²) in [5.74, 6) is 1.83. The first kappa shape index (κ1) is 23.7. The topological polar surface area (TPSA) is 18.5 Å². The van der Waals surface area contributed by atoms with Crippen LogP contribution in [-0.2, 0) is 38.7 Å². The minimum absolute atomic E-state index is 0. The van der Waals surface area contributed by atoms with Crippen molar-refractivity contribution in [3.8, 4) is 11.5 Å². The molecule has 4 rings (SSSR count). The molecule has 0 aliphatic carbocycles. The Labute approximate surface area is 191 Å². The van der Waals surface area contributed by atoms with Gasteiger partial charge in [-0.1, -0.05) is 24.3 Å². The molecule has 0 bridgehead atoms. The summed E-state index contributed by atoms with van der Waals surface area (Å²) in [6.07, 6.45) is 2.09. The molecule has 0 amide bonds. The van der Waals surface area contributed by atoms with Gasteiger partial charge < -0.3 is 34.3 Å². The van der Waals surface area contributed by atoms with E-state index < -0.39 is 0 Å². The van der Waals surface area contributed by atoms with Crippen LogP contribution in [0.3, 0.4) is 0 Å². The Morgan fingerprint density at radius 3 is 1.44 bits per heavy atom. The van der Waals surface area contributed by atoms with Gasteiger partial charge in [0.2, 0.25) is 0 Å². The zero-order valence-electron chi connectivity index (χ0n) is 15.3. The summed E-state index contributed by atoms with van der Waals surface area (Å²) in [4.78, 5) is 0. The average Bonchev–Trinajstić information content (AvgIpc) is 3.21. The molecule has 4 aromatic rings. The van der Waals surface area contributed by atoms with E-state index in [-0.39, 0.29) is 50.7 Å². The largest absolute Gasteiger partial charge is 4.00 e. The Balaban J connectivity index is 0.00000121. The van der Waals surface area contributed by atoms with Crippen molar-refractivity contribution in [3.05, 3.63) is 71.8 Å². The predicted octanol–water partition coefficient (Wildman–Crippen LogP) is -0.761. The third-order valence-corrected chi connectivity index (χ3v) is 4.65. The molecular weight excluding hydrogens is 546 g/mol. The molecule has 27 heavy (non-hydrogen) atoms.